The molecular weight excluding hydrogens is 388 g/mol. The SMILES string of the molecule is C=CCNC(=O)c1nnn(-c2ccc(OC)cc2)c1CSc1nc(C)cc(C)n1. The summed E-state index contributed by atoms with van der Waals surface area (Å²) in [5, 5.41) is 11.7. The molecule has 8 nitrogen and oxygen atoms in total. The average molecular weight is 411 g/mol. The first-order valence-electron chi connectivity index (χ1n) is 8.95. The average Bonchev–Trinajstić information content (AvgIpc) is 3.14. The number of aryl methyl sites for hydroxylation is 2. The van der Waals surface area contributed by atoms with Crippen LogP contribution >= 0.6 is 11.8 Å². The Morgan fingerprint density at radius 1 is 1.24 bits per heavy atom. The molecule has 0 spiro atoms. The number of ether oxygens (including phenoxy) is 1. The number of amides is 1. The first kappa shape index (κ1) is 20.5. The van der Waals surface area contributed by atoms with Gasteiger partial charge in [0, 0.05) is 23.7 Å². The molecule has 0 radical (unpaired) electrons. The molecule has 1 aromatic carbocycles. The third kappa shape index (κ3) is 5.00. The zero-order valence-electron chi connectivity index (χ0n) is 16.5. The molecule has 0 bridgehead atoms. The summed E-state index contributed by atoms with van der Waals surface area (Å²) in [4.78, 5) is 21.5. The minimum atomic E-state index is -0.304. The molecule has 1 amide bonds. The quantitative estimate of drug-likeness (QED) is 0.347. The van der Waals surface area contributed by atoms with E-state index in [4.69, 9.17) is 4.74 Å². The number of nitrogens with one attached hydrogen (secondary N) is 1. The third-order valence-electron chi connectivity index (χ3n) is 4.00. The number of benzene rings is 1. The molecule has 0 unspecified atom stereocenters. The number of carbonyl (C=O) groups excluding carboxylic acids is 1. The topological polar surface area (TPSA) is 94.8 Å². The van der Waals surface area contributed by atoms with Crippen molar-refractivity contribution in [1.82, 2.24) is 30.3 Å². The maximum absolute atomic E-state index is 12.6. The van der Waals surface area contributed by atoms with Gasteiger partial charge in [0.15, 0.2) is 10.9 Å². The van der Waals surface area contributed by atoms with Crippen LogP contribution < -0.4 is 10.1 Å². The van der Waals surface area contributed by atoms with E-state index in [1.54, 1.807) is 17.9 Å². The van der Waals surface area contributed by atoms with Gasteiger partial charge in [-0.3, -0.25) is 4.79 Å². The number of methoxy groups -OCH3 is 1. The van der Waals surface area contributed by atoms with E-state index in [-0.39, 0.29) is 11.6 Å². The van der Waals surface area contributed by atoms with Crippen LogP contribution in [-0.4, -0.2) is 44.5 Å². The number of hydrogen-bond acceptors (Lipinski definition) is 7. The van der Waals surface area contributed by atoms with Crippen LogP contribution in [-0.2, 0) is 5.75 Å². The molecule has 0 saturated heterocycles. The van der Waals surface area contributed by atoms with Crippen LogP contribution in [0.25, 0.3) is 5.69 Å². The molecule has 2 heterocycles. The van der Waals surface area contributed by atoms with Gasteiger partial charge >= 0.3 is 0 Å². The van der Waals surface area contributed by atoms with Crippen molar-refractivity contribution in [2.75, 3.05) is 13.7 Å². The molecule has 3 rings (SSSR count). The summed E-state index contributed by atoms with van der Waals surface area (Å²) in [5.41, 5.74) is 3.48. The van der Waals surface area contributed by atoms with Gasteiger partial charge in [-0.25, -0.2) is 14.6 Å². The molecule has 0 fully saturated rings. The van der Waals surface area contributed by atoms with E-state index in [0.717, 1.165) is 22.8 Å². The second kappa shape index (κ2) is 9.33. The lowest BCUT2D eigenvalue weighted by molar-refractivity contribution is 0.0952. The molecule has 0 atom stereocenters. The summed E-state index contributed by atoms with van der Waals surface area (Å²) in [7, 11) is 1.61. The largest absolute Gasteiger partial charge is 0.497 e. The van der Waals surface area contributed by atoms with Crippen molar-refractivity contribution in [3.8, 4) is 11.4 Å². The van der Waals surface area contributed by atoms with Gasteiger partial charge in [-0.1, -0.05) is 23.1 Å². The van der Waals surface area contributed by atoms with E-state index in [2.05, 4.69) is 32.2 Å². The highest BCUT2D eigenvalue weighted by molar-refractivity contribution is 7.98. The number of nitrogens with zero attached hydrogens (tertiary/aromatic N) is 5. The van der Waals surface area contributed by atoms with Crippen LogP contribution in [0.2, 0.25) is 0 Å². The fraction of sp³-hybridized carbons (Fsp3) is 0.250. The van der Waals surface area contributed by atoms with Crippen molar-refractivity contribution in [2.24, 2.45) is 0 Å². The van der Waals surface area contributed by atoms with E-state index in [0.29, 0.717) is 23.1 Å². The lowest BCUT2D eigenvalue weighted by atomic mass is 10.2. The Labute approximate surface area is 173 Å². The van der Waals surface area contributed by atoms with Gasteiger partial charge in [0.1, 0.15) is 5.75 Å². The lowest BCUT2D eigenvalue weighted by Crippen LogP contribution is -2.25. The van der Waals surface area contributed by atoms with Gasteiger partial charge in [0.2, 0.25) is 0 Å². The van der Waals surface area contributed by atoms with Crippen LogP contribution in [0.15, 0.2) is 48.1 Å². The maximum atomic E-state index is 12.6. The maximum Gasteiger partial charge on any atom is 0.274 e. The van der Waals surface area contributed by atoms with Crippen molar-refractivity contribution in [3.05, 3.63) is 65.8 Å². The van der Waals surface area contributed by atoms with Crippen molar-refractivity contribution in [2.45, 2.75) is 24.8 Å². The second-order valence-electron chi connectivity index (χ2n) is 6.22. The first-order valence-corrected chi connectivity index (χ1v) is 9.93. The smallest absolute Gasteiger partial charge is 0.274 e. The summed E-state index contributed by atoms with van der Waals surface area (Å²) >= 11 is 1.43. The highest BCUT2D eigenvalue weighted by Gasteiger charge is 2.21. The van der Waals surface area contributed by atoms with Gasteiger partial charge in [-0.2, -0.15) is 0 Å². The van der Waals surface area contributed by atoms with Crippen LogP contribution in [0.4, 0.5) is 0 Å². The summed E-state index contributed by atoms with van der Waals surface area (Å²) < 4.78 is 6.86. The Morgan fingerprint density at radius 2 is 1.93 bits per heavy atom. The van der Waals surface area contributed by atoms with Crippen LogP contribution in [0.5, 0.6) is 5.75 Å². The zero-order chi connectivity index (χ0) is 20.8. The fourth-order valence-electron chi connectivity index (χ4n) is 2.68. The number of thioether (sulfide) groups is 1. The van der Waals surface area contributed by atoms with Crippen LogP contribution in [0.3, 0.4) is 0 Å². The van der Waals surface area contributed by atoms with Crippen molar-refractivity contribution >= 4 is 17.7 Å². The molecule has 9 heteroatoms. The number of aromatic nitrogens is 5. The van der Waals surface area contributed by atoms with Gasteiger partial charge < -0.3 is 10.1 Å². The van der Waals surface area contributed by atoms with E-state index in [9.17, 15) is 4.79 Å². The molecule has 3 aromatic rings. The molecule has 0 aliphatic carbocycles. The summed E-state index contributed by atoms with van der Waals surface area (Å²) in [6.45, 7) is 7.82. The lowest BCUT2D eigenvalue weighted by Gasteiger charge is -2.09. The van der Waals surface area contributed by atoms with Gasteiger partial charge in [-0.05, 0) is 44.2 Å². The normalized spacial score (nSPS) is 10.6. The molecular formula is C20H22N6O2S. The summed E-state index contributed by atoms with van der Waals surface area (Å²) in [5.74, 6) is 0.859. The first-order chi connectivity index (χ1) is 14.0. The Morgan fingerprint density at radius 3 is 2.55 bits per heavy atom. The third-order valence-corrected chi connectivity index (χ3v) is 4.86. The Bertz CT molecular complexity index is 996. The summed E-state index contributed by atoms with van der Waals surface area (Å²) in [6.07, 6.45) is 1.61. The number of rotatable bonds is 8. The Hall–Kier alpha value is -3.20. The molecule has 0 aliphatic heterocycles. The predicted molar refractivity (Wildman–Crippen MR) is 112 cm³/mol. The van der Waals surface area contributed by atoms with Crippen LogP contribution in [0.1, 0.15) is 27.6 Å². The van der Waals surface area contributed by atoms with E-state index >= 15 is 0 Å². The fourth-order valence-corrected chi connectivity index (χ4v) is 3.62. The Kier molecular flexibility index (Phi) is 6.61. The highest BCUT2D eigenvalue weighted by Crippen LogP contribution is 2.24. The zero-order valence-corrected chi connectivity index (χ0v) is 17.4. The minimum Gasteiger partial charge on any atom is -0.497 e. The van der Waals surface area contributed by atoms with E-state index in [1.165, 1.54) is 11.8 Å². The summed E-state index contributed by atoms with van der Waals surface area (Å²) in [6, 6.07) is 9.30. The molecule has 29 heavy (non-hydrogen) atoms. The van der Waals surface area contributed by atoms with E-state index in [1.807, 2.05) is 44.2 Å². The van der Waals surface area contributed by atoms with Crippen molar-refractivity contribution < 1.29 is 9.53 Å². The molecule has 2 aromatic heterocycles. The second-order valence-corrected chi connectivity index (χ2v) is 7.16. The standard InChI is InChI=1S/C20H22N6O2S/c1-5-10-21-19(27)18-17(12-29-20-22-13(2)11-14(3)23-20)26(25-24-18)15-6-8-16(28-4)9-7-15/h5-9,11H,1,10,12H2,2-4H3,(H,21,27). The van der Waals surface area contributed by atoms with Gasteiger partial charge in [0.25, 0.3) is 5.91 Å². The van der Waals surface area contributed by atoms with Gasteiger partial charge in [-0.15, -0.1) is 11.7 Å². The van der Waals surface area contributed by atoms with Crippen molar-refractivity contribution in [3.63, 3.8) is 0 Å². The number of hydrogen-bond donors (Lipinski definition) is 1. The molecule has 1 N–H and O–H groups in total. The predicted octanol–water partition coefficient (Wildman–Crippen LogP) is 2.89. The molecule has 150 valence electrons. The van der Waals surface area contributed by atoms with Gasteiger partial charge in [0.05, 0.1) is 18.5 Å². The molecule has 0 aliphatic rings. The van der Waals surface area contributed by atoms with E-state index < -0.39 is 0 Å². The Balaban J connectivity index is 1.94. The monoisotopic (exact) mass is 410 g/mol. The highest BCUT2D eigenvalue weighted by atomic mass is 32.2. The van der Waals surface area contributed by atoms with Crippen molar-refractivity contribution in [1.29, 1.82) is 0 Å². The minimum absolute atomic E-state index is 0.263. The number of carbonyl (C=O) groups is 1. The van der Waals surface area contributed by atoms with Crippen LogP contribution in [0, 0.1) is 13.8 Å². The molecule has 0 saturated carbocycles.